The van der Waals surface area contributed by atoms with E-state index >= 15 is 0 Å². The van der Waals surface area contributed by atoms with E-state index in [-0.39, 0.29) is 0 Å². The van der Waals surface area contributed by atoms with Crippen LogP contribution in [0.25, 0.3) is 0 Å². The maximum atomic E-state index is 4.35. The van der Waals surface area contributed by atoms with Crippen LogP contribution in [0.4, 0.5) is 5.82 Å². The standard InChI is InChI=1S/C10H13BrN2/c1-7-5-8(11)9(12-6-7)13-10(2)3-4-10/h5-6H,3-4H2,1-2H3,(H,12,13). The number of aromatic nitrogens is 1. The van der Waals surface area contributed by atoms with Crippen LogP contribution in [-0.4, -0.2) is 10.5 Å². The second kappa shape index (κ2) is 2.98. The van der Waals surface area contributed by atoms with Crippen LogP contribution in [0.2, 0.25) is 0 Å². The van der Waals surface area contributed by atoms with Gasteiger partial charge in [-0.05, 0) is 54.2 Å². The smallest absolute Gasteiger partial charge is 0.140 e. The molecule has 1 aliphatic carbocycles. The van der Waals surface area contributed by atoms with E-state index in [0.29, 0.717) is 5.54 Å². The van der Waals surface area contributed by atoms with Gasteiger partial charge in [-0.25, -0.2) is 4.98 Å². The molecule has 13 heavy (non-hydrogen) atoms. The van der Waals surface area contributed by atoms with E-state index in [0.717, 1.165) is 10.3 Å². The van der Waals surface area contributed by atoms with Crippen LogP contribution < -0.4 is 5.32 Å². The molecule has 2 rings (SSSR count). The number of halogens is 1. The van der Waals surface area contributed by atoms with Gasteiger partial charge in [0.2, 0.25) is 0 Å². The van der Waals surface area contributed by atoms with Crippen LogP contribution >= 0.6 is 15.9 Å². The molecule has 0 unspecified atom stereocenters. The Morgan fingerprint density at radius 2 is 2.23 bits per heavy atom. The molecule has 3 heteroatoms. The SMILES string of the molecule is Cc1cnc(NC2(C)CC2)c(Br)c1. The van der Waals surface area contributed by atoms with Crippen LogP contribution in [0.3, 0.4) is 0 Å². The van der Waals surface area contributed by atoms with E-state index in [1.54, 1.807) is 0 Å². The highest BCUT2D eigenvalue weighted by atomic mass is 79.9. The van der Waals surface area contributed by atoms with Crippen molar-refractivity contribution >= 4 is 21.7 Å². The number of anilines is 1. The lowest BCUT2D eigenvalue weighted by Gasteiger charge is -2.13. The molecule has 1 fully saturated rings. The number of pyridine rings is 1. The molecule has 2 nitrogen and oxygen atoms in total. The Bertz CT molecular complexity index is 332. The number of nitrogens with zero attached hydrogens (tertiary/aromatic N) is 1. The molecule has 0 aromatic carbocycles. The molecule has 1 N–H and O–H groups in total. The molecule has 1 heterocycles. The Morgan fingerprint density at radius 1 is 1.54 bits per heavy atom. The van der Waals surface area contributed by atoms with Gasteiger partial charge in [0.05, 0.1) is 4.47 Å². The van der Waals surface area contributed by atoms with Gasteiger partial charge >= 0.3 is 0 Å². The first kappa shape index (κ1) is 9.00. The van der Waals surface area contributed by atoms with Gasteiger partial charge in [-0.3, -0.25) is 0 Å². The lowest BCUT2D eigenvalue weighted by atomic mass is 10.3. The van der Waals surface area contributed by atoms with Crippen LogP contribution in [0.1, 0.15) is 25.3 Å². The van der Waals surface area contributed by atoms with Crippen LogP contribution in [0.15, 0.2) is 16.7 Å². The number of hydrogen-bond acceptors (Lipinski definition) is 2. The van der Waals surface area contributed by atoms with Crippen molar-refractivity contribution in [1.82, 2.24) is 4.98 Å². The first-order valence-electron chi connectivity index (χ1n) is 4.49. The third-order valence-corrected chi connectivity index (χ3v) is 3.00. The third kappa shape index (κ3) is 2.02. The van der Waals surface area contributed by atoms with E-state index in [4.69, 9.17) is 0 Å². The van der Waals surface area contributed by atoms with Gasteiger partial charge in [-0.1, -0.05) is 0 Å². The predicted molar refractivity (Wildman–Crippen MR) is 57.9 cm³/mol. The Kier molecular flexibility index (Phi) is 2.06. The topological polar surface area (TPSA) is 24.9 Å². The van der Waals surface area contributed by atoms with E-state index in [1.807, 2.05) is 13.1 Å². The van der Waals surface area contributed by atoms with Crippen molar-refractivity contribution in [1.29, 1.82) is 0 Å². The van der Waals surface area contributed by atoms with Gasteiger partial charge in [0.15, 0.2) is 0 Å². The highest BCUT2D eigenvalue weighted by Gasteiger charge is 2.37. The molecule has 0 aliphatic heterocycles. The molecule has 0 amide bonds. The average Bonchev–Trinajstić information content (AvgIpc) is 2.75. The van der Waals surface area contributed by atoms with Gasteiger partial charge < -0.3 is 5.32 Å². The van der Waals surface area contributed by atoms with Gasteiger partial charge in [0.1, 0.15) is 5.82 Å². The molecule has 1 saturated carbocycles. The fraction of sp³-hybridized carbons (Fsp3) is 0.500. The summed E-state index contributed by atoms with van der Waals surface area (Å²) in [4.78, 5) is 4.35. The number of nitrogens with one attached hydrogen (secondary N) is 1. The second-order valence-electron chi connectivity index (χ2n) is 4.03. The lowest BCUT2D eigenvalue weighted by molar-refractivity contribution is 0.819. The molecule has 1 aromatic heterocycles. The molecular weight excluding hydrogens is 228 g/mol. The number of hydrogen-bond donors (Lipinski definition) is 1. The summed E-state index contributed by atoms with van der Waals surface area (Å²) in [6, 6.07) is 2.08. The fourth-order valence-corrected chi connectivity index (χ4v) is 1.79. The highest BCUT2D eigenvalue weighted by molar-refractivity contribution is 9.10. The van der Waals surface area contributed by atoms with Crippen molar-refractivity contribution in [2.75, 3.05) is 5.32 Å². The van der Waals surface area contributed by atoms with E-state index in [2.05, 4.69) is 39.2 Å². The largest absolute Gasteiger partial charge is 0.364 e. The molecule has 0 saturated heterocycles. The summed E-state index contributed by atoms with van der Waals surface area (Å²) in [6.07, 6.45) is 4.38. The van der Waals surface area contributed by atoms with Crippen molar-refractivity contribution in [3.8, 4) is 0 Å². The molecule has 0 radical (unpaired) electrons. The van der Waals surface area contributed by atoms with E-state index < -0.39 is 0 Å². The van der Waals surface area contributed by atoms with Gasteiger partial charge in [0, 0.05) is 11.7 Å². The van der Waals surface area contributed by atoms with Crippen LogP contribution in [0, 0.1) is 6.92 Å². The predicted octanol–water partition coefficient (Wildman–Crippen LogP) is 3.12. The summed E-state index contributed by atoms with van der Waals surface area (Å²) in [6.45, 7) is 4.27. The summed E-state index contributed by atoms with van der Waals surface area (Å²) in [7, 11) is 0. The Labute approximate surface area is 86.9 Å². The van der Waals surface area contributed by atoms with Crippen molar-refractivity contribution in [3.63, 3.8) is 0 Å². The average molecular weight is 241 g/mol. The molecule has 0 bridgehead atoms. The third-order valence-electron chi connectivity index (χ3n) is 2.40. The zero-order chi connectivity index (χ0) is 9.47. The Morgan fingerprint density at radius 3 is 2.77 bits per heavy atom. The summed E-state index contributed by atoms with van der Waals surface area (Å²) in [5.74, 6) is 0.964. The zero-order valence-corrected chi connectivity index (χ0v) is 9.48. The second-order valence-corrected chi connectivity index (χ2v) is 4.88. The quantitative estimate of drug-likeness (QED) is 0.860. The first-order chi connectivity index (χ1) is 6.09. The highest BCUT2D eigenvalue weighted by Crippen LogP contribution is 2.39. The summed E-state index contributed by atoms with van der Waals surface area (Å²) < 4.78 is 1.06. The Balaban J connectivity index is 2.20. The summed E-state index contributed by atoms with van der Waals surface area (Å²) in [5.41, 5.74) is 1.48. The minimum atomic E-state index is 0.296. The summed E-state index contributed by atoms with van der Waals surface area (Å²) >= 11 is 3.50. The molecule has 70 valence electrons. The van der Waals surface area contributed by atoms with Gasteiger partial charge in [-0.15, -0.1) is 0 Å². The molecule has 0 atom stereocenters. The van der Waals surface area contributed by atoms with Crippen LogP contribution in [0.5, 0.6) is 0 Å². The lowest BCUT2D eigenvalue weighted by Crippen LogP contribution is -2.17. The van der Waals surface area contributed by atoms with Crippen molar-refractivity contribution in [2.45, 2.75) is 32.2 Å². The van der Waals surface area contributed by atoms with Crippen molar-refractivity contribution in [3.05, 3.63) is 22.3 Å². The van der Waals surface area contributed by atoms with Crippen LogP contribution in [-0.2, 0) is 0 Å². The molecular formula is C10H13BrN2. The minimum absolute atomic E-state index is 0.296. The maximum Gasteiger partial charge on any atom is 0.140 e. The Hall–Kier alpha value is -0.570. The number of rotatable bonds is 2. The fourth-order valence-electron chi connectivity index (χ4n) is 1.22. The van der Waals surface area contributed by atoms with E-state index in [9.17, 15) is 0 Å². The van der Waals surface area contributed by atoms with Crippen molar-refractivity contribution in [2.24, 2.45) is 0 Å². The maximum absolute atomic E-state index is 4.35. The van der Waals surface area contributed by atoms with Gasteiger partial charge in [0.25, 0.3) is 0 Å². The van der Waals surface area contributed by atoms with Gasteiger partial charge in [-0.2, -0.15) is 0 Å². The summed E-state index contributed by atoms with van der Waals surface area (Å²) in [5, 5.41) is 3.43. The number of aryl methyl sites for hydroxylation is 1. The molecule has 1 aromatic rings. The molecule has 0 spiro atoms. The first-order valence-corrected chi connectivity index (χ1v) is 5.29. The minimum Gasteiger partial charge on any atom is -0.364 e. The molecule has 1 aliphatic rings. The van der Waals surface area contributed by atoms with E-state index in [1.165, 1.54) is 18.4 Å². The zero-order valence-electron chi connectivity index (χ0n) is 7.89. The monoisotopic (exact) mass is 240 g/mol. The normalized spacial score (nSPS) is 18.4. The van der Waals surface area contributed by atoms with Crippen molar-refractivity contribution < 1.29 is 0 Å².